The van der Waals surface area contributed by atoms with Crippen LogP contribution >= 0.6 is 22.6 Å². The van der Waals surface area contributed by atoms with Crippen LogP contribution in [0.5, 0.6) is 0 Å². The SMILES string of the molecule is COC(=O)C(I)CNC(=O)c1cc[nH]c(=O)c1. The molecule has 0 aliphatic heterocycles. The zero-order chi connectivity index (χ0) is 12.8. The van der Waals surface area contributed by atoms with E-state index in [-0.39, 0.29) is 17.7 Å². The van der Waals surface area contributed by atoms with Gasteiger partial charge in [-0.2, -0.15) is 0 Å². The molecule has 0 aliphatic carbocycles. The molecule has 1 aromatic heterocycles. The molecule has 0 fully saturated rings. The standard InChI is InChI=1S/C10H11IN2O4/c1-17-10(16)7(11)5-13-9(15)6-2-3-12-8(14)4-6/h2-4,7H,5H2,1H3,(H,12,14)(H,13,15). The number of methoxy groups -OCH3 is 1. The highest BCUT2D eigenvalue weighted by molar-refractivity contribution is 14.1. The Kier molecular flexibility index (Phi) is 5.13. The van der Waals surface area contributed by atoms with Crippen molar-refractivity contribution in [2.45, 2.75) is 3.92 Å². The number of carbonyl (C=O) groups is 2. The van der Waals surface area contributed by atoms with Gasteiger partial charge in [0.1, 0.15) is 3.92 Å². The summed E-state index contributed by atoms with van der Waals surface area (Å²) in [6.45, 7) is 0.152. The molecule has 6 nitrogen and oxygen atoms in total. The molecule has 92 valence electrons. The average molecular weight is 350 g/mol. The Labute approximate surface area is 111 Å². The minimum absolute atomic E-state index is 0.152. The molecule has 1 amide bonds. The third kappa shape index (κ3) is 4.17. The number of rotatable bonds is 4. The van der Waals surface area contributed by atoms with Crippen LogP contribution < -0.4 is 10.9 Å². The zero-order valence-corrected chi connectivity index (χ0v) is 11.2. The number of ether oxygens (including phenoxy) is 1. The number of halogens is 1. The Balaban J connectivity index is 2.56. The van der Waals surface area contributed by atoms with Crippen molar-refractivity contribution >= 4 is 34.5 Å². The summed E-state index contributed by atoms with van der Waals surface area (Å²) < 4.78 is 4.06. The molecule has 1 aromatic rings. The lowest BCUT2D eigenvalue weighted by Crippen LogP contribution is -2.34. The number of alkyl halides is 1. The fourth-order valence-electron chi connectivity index (χ4n) is 1.08. The number of esters is 1. The van der Waals surface area contributed by atoms with Crippen molar-refractivity contribution < 1.29 is 14.3 Å². The highest BCUT2D eigenvalue weighted by Gasteiger charge is 2.16. The predicted molar refractivity (Wildman–Crippen MR) is 69.2 cm³/mol. The summed E-state index contributed by atoms with van der Waals surface area (Å²) >= 11 is 1.87. The summed E-state index contributed by atoms with van der Waals surface area (Å²) in [5.41, 5.74) is -0.0983. The van der Waals surface area contributed by atoms with E-state index in [0.29, 0.717) is 0 Å². The van der Waals surface area contributed by atoms with E-state index in [1.807, 2.05) is 22.6 Å². The molecule has 0 saturated carbocycles. The fraction of sp³-hybridized carbons (Fsp3) is 0.300. The van der Waals surface area contributed by atoms with Gasteiger partial charge in [-0.05, 0) is 6.07 Å². The van der Waals surface area contributed by atoms with Crippen molar-refractivity contribution in [1.29, 1.82) is 0 Å². The maximum Gasteiger partial charge on any atom is 0.320 e. The Morgan fingerprint density at radius 2 is 2.29 bits per heavy atom. The topological polar surface area (TPSA) is 88.3 Å². The van der Waals surface area contributed by atoms with Gasteiger partial charge in [0.25, 0.3) is 5.91 Å². The quantitative estimate of drug-likeness (QED) is 0.457. The molecule has 0 spiro atoms. The number of carbonyl (C=O) groups excluding carboxylic acids is 2. The van der Waals surface area contributed by atoms with Gasteiger partial charge < -0.3 is 15.0 Å². The summed E-state index contributed by atoms with van der Waals surface area (Å²) in [6.07, 6.45) is 1.39. The molecule has 1 rings (SSSR count). The molecule has 1 unspecified atom stereocenters. The number of amides is 1. The second-order valence-corrected chi connectivity index (χ2v) is 4.65. The van der Waals surface area contributed by atoms with Gasteiger partial charge in [-0.25, -0.2) is 0 Å². The second-order valence-electron chi connectivity index (χ2n) is 3.14. The maximum atomic E-state index is 11.6. The van der Waals surface area contributed by atoms with Gasteiger partial charge >= 0.3 is 5.97 Å². The van der Waals surface area contributed by atoms with Crippen LogP contribution in [0.1, 0.15) is 10.4 Å². The minimum atomic E-state index is -0.455. The Bertz CT molecular complexity index is 471. The predicted octanol–water partition coefficient (Wildman–Crippen LogP) is 0.0813. The number of hydrogen-bond acceptors (Lipinski definition) is 4. The number of aromatic nitrogens is 1. The lowest BCUT2D eigenvalue weighted by atomic mass is 10.2. The first-order valence-corrected chi connectivity index (χ1v) is 5.98. The number of H-pyrrole nitrogens is 1. The summed E-state index contributed by atoms with van der Waals surface area (Å²) in [6, 6.07) is 2.67. The van der Waals surface area contributed by atoms with E-state index in [0.717, 1.165) is 0 Å². The summed E-state index contributed by atoms with van der Waals surface area (Å²) in [5, 5.41) is 2.54. The van der Waals surface area contributed by atoms with Crippen LogP contribution in [-0.2, 0) is 9.53 Å². The Morgan fingerprint density at radius 3 is 2.88 bits per heavy atom. The van der Waals surface area contributed by atoms with Crippen LogP contribution in [0, 0.1) is 0 Å². The Hall–Kier alpha value is -1.38. The molecule has 0 aromatic carbocycles. The Morgan fingerprint density at radius 1 is 1.59 bits per heavy atom. The monoisotopic (exact) mass is 350 g/mol. The van der Waals surface area contributed by atoms with Gasteiger partial charge in [-0.1, -0.05) is 22.6 Å². The first kappa shape index (κ1) is 13.7. The number of aromatic amines is 1. The van der Waals surface area contributed by atoms with E-state index in [9.17, 15) is 14.4 Å². The van der Waals surface area contributed by atoms with E-state index in [2.05, 4.69) is 15.0 Å². The third-order valence-electron chi connectivity index (χ3n) is 1.94. The van der Waals surface area contributed by atoms with Crippen LogP contribution in [-0.4, -0.2) is 34.4 Å². The summed E-state index contributed by atoms with van der Waals surface area (Å²) in [5.74, 6) is -0.807. The summed E-state index contributed by atoms with van der Waals surface area (Å²) in [4.78, 5) is 36.1. The molecule has 0 bridgehead atoms. The molecule has 0 aliphatic rings. The van der Waals surface area contributed by atoms with Crippen LogP contribution in [0.2, 0.25) is 0 Å². The normalized spacial score (nSPS) is 11.6. The van der Waals surface area contributed by atoms with Crippen LogP contribution in [0.25, 0.3) is 0 Å². The number of nitrogens with one attached hydrogen (secondary N) is 2. The van der Waals surface area contributed by atoms with Crippen molar-refractivity contribution in [3.8, 4) is 0 Å². The first-order chi connectivity index (χ1) is 8.04. The lowest BCUT2D eigenvalue weighted by Gasteiger charge is -2.08. The molecular weight excluding hydrogens is 339 g/mol. The van der Waals surface area contributed by atoms with Gasteiger partial charge in [-0.3, -0.25) is 14.4 Å². The molecule has 17 heavy (non-hydrogen) atoms. The van der Waals surface area contributed by atoms with Gasteiger partial charge in [0.05, 0.1) is 7.11 Å². The van der Waals surface area contributed by atoms with Gasteiger partial charge in [0.2, 0.25) is 5.56 Å². The zero-order valence-electron chi connectivity index (χ0n) is 9.03. The van der Waals surface area contributed by atoms with E-state index >= 15 is 0 Å². The first-order valence-electron chi connectivity index (χ1n) is 4.73. The van der Waals surface area contributed by atoms with Crippen LogP contribution in [0.3, 0.4) is 0 Å². The average Bonchev–Trinajstić information content (AvgIpc) is 2.34. The van der Waals surface area contributed by atoms with Crippen LogP contribution in [0.4, 0.5) is 0 Å². The minimum Gasteiger partial charge on any atom is -0.468 e. The van der Waals surface area contributed by atoms with E-state index < -0.39 is 15.8 Å². The molecule has 7 heteroatoms. The van der Waals surface area contributed by atoms with Crippen molar-refractivity contribution in [2.24, 2.45) is 0 Å². The van der Waals surface area contributed by atoms with E-state index in [4.69, 9.17) is 0 Å². The summed E-state index contributed by atoms with van der Waals surface area (Å²) in [7, 11) is 1.28. The third-order valence-corrected chi connectivity index (χ3v) is 2.88. The van der Waals surface area contributed by atoms with Gasteiger partial charge in [0.15, 0.2) is 0 Å². The van der Waals surface area contributed by atoms with Gasteiger partial charge in [-0.15, -0.1) is 0 Å². The number of pyridine rings is 1. The molecule has 0 radical (unpaired) electrons. The largest absolute Gasteiger partial charge is 0.468 e. The highest BCUT2D eigenvalue weighted by atomic mass is 127. The van der Waals surface area contributed by atoms with Crippen molar-refractivity contribution in [3.63, 3.8) is 0 Å². The van der Waals surface area contributed by atoms with Crippen molar-refractivity contribution in [3.05, 3.63) is 34.2 Å². The molecule has 1 heterocycles. The fourth-order valence-corrected chi connectivity index (χ4v) is 1.56. The second kappa shape index (κ2) is 6.38. The van der Waals surface area contributed by atoms with E-state index in [1.54, 1.807) is 0 Å². The van der Waals surface area contributed by atoms with E-state index in [1.165, 1.54) is 25.4 Å². The van der Waals surface area contributed by atoms with Crippen LogP contribution in [0.15, 0.2) is 23.1 Å². The smallest absolute Gasteiger partial charge is 0.320 e. The highest BCUT2D eigenvalue weighted by Crippen LogP contribution is 2.01. The molecule has 0 saturated heterocycles. The number of hydrogen-bond donors (Lipinski definition) is 2. The molecule has 1 atom stereocenters. The van der Waals surface area contributed by atoms with Gasteiger partial charge in [0, 0.05) is 24.4 Å². The molecular formula is C10H11IN2O4. The van der Waals surface area contributed by atoms with Crippen molar-refractivity contribution in [2.75, 3.05) is 13.7 Å². The van der Waals surface area contributed by atoms with Crippen molar-refractivity contribution in [1.82, 2.24) is 10.3 Å². The lowest BCUT2D eigenvalue weighted by molar-refractivity contribution is -0.139. The maximum absolute atomic E-state index is 11.6. The molecule has 2 N–H and O–H groups in total.